The van der Waals surface area contributed by atoms with Gasteiger partial charge in [-0.05, 0) is 50.1 Å². The molecule has 9 heteroatoms. The molecule has 1 saturated carbocycles. The zero-order valence-corrected chi connectivity index (χ0v) is 18.8. The van der Waals surface area contributed by atoms with Crippen molar-refractivity contribution < 1.29 is 14.0 Å². The molecule has 5 rings (SSSR count). The summed E-state index contributed by atoms with van der Waals surface area (Å²) in [6.45, 7) is 3.02. The molecule has 33 heavy (non-hydrogen) atoms. The Hall–Kier alpha value is -3.39. The standard InChI is InChI=1S/C24H23ClFN5O2/c1-2-31-22-17(12-28-31)13-30(21-8-7-18(25)10-20(21)29-22)24(33)15-5-6-16(19(26)9-15)11-27-23(32)14-3-4-14/h5-10,12,14,29H,2-4,11,13H2,1H3,(H,27,32). The fraction of sp³-hybridized carbons (Fsp3) is 0.292. The van der Waals surface area contributed by atoms with Gasteiger partial charge in [0, 0.05) is 40.7 Å². The number of halogens is 2. The van der Waals surface area contributed by atoms with Gasteiger partial charge in [0.15, 0.2) is 0 Å². The van der Waals surface area contributed by atoms with Gasteiger partial charge in [0.1, 0.15) is 11.6 Å². The van der Waals surface area contributed by atoms with E-state index >= 15 is 0 Å². The van der Waals surface area contributed by atoms with E-state index in [4.69, 9.17) is 11.6 Å². The van der Waals surface area contributed by atoms with Crippen LogP contribution in [-0.4, -0.2) is 21.6 Å². The number of fused-ring (bicyclic) bond motifs is 2. The lowest BCUT2D eigenvalue weighted by atomic mass is 10.1. The van der Waals surface area contributed by atoms with Crippen LogP contribution in [0.2, 0.25) is 5.02 Å². The first-order valence-electron chi connectivity index (χ1n) is 10.9. The second-order valence-electron chi connectivity index (χ2n) is 8.31. The second kappa shape index (κ2) is 8.51. The van der Waals surface area contributed by atoms with Crippen LogP contribution in [0.1, 0.15) is 41.3 Å². The lowest BCUT2D eigenvalue weighted by Gasteiger charge is -2.23. The average molecular weight is 468 g/mol. The van der Waals surface area contributed by atoms with Gasteiger partial charge in [-0.1, -0.05) is 17.7 Å². The summed E-state index contributed by atoms with van der Waals surface area (Å²) in [4.78, 5) is 27.0. The number of nitrogens with one attached hydrogen (secondary N) is 2. The van der Waals surface area contributed by atoms with Gasteiger partial charge in [-0.2, -0.15) is 5.10 Å². The molecule has 2 aromatic carbocycles. The van der Waals surface area contributed by atoms with E-state index in [1.807, 2.05) is 11.6 Å². The van der Waals surface area contributed by atoms with Crippen molar-refractivity contribution in [1.29, 1.82) is 0 Å². The van der Waals surface area contributed by atoms with Crippen LogP contribution in [0.25, 0.3) is 0 Å². The Labute approximate surface area is 195 Å². The molecule has 1 aromatic heterocycles. The molecule has 0 saturated heterocycles. The van der Waals surface area contributed by atoms with E-state index in [2.05, 4.69) is 15.7 Å². The molecule has 170 valence electrons. The molecule has 3 aromatic rings. The summed E-state index contributed by atoms with van der Waals surface area (Å²) in [5.74, 6) is -0.0682. The van der Waals surface area contributed by atoms with Gasteiger partial charge in [-0.15, -0.1) is 0 Å². The number of carbonyl (C=O) groups excluding carboxylic acids is 2. The Morgan fingerprint density at radius 1 is 1.24 bits per heavy atom. The molecule has 1 aliphatic heterocycles. The van der Waals surface area contributed by atoms with Crippen molar-refractivity contribution in [2.45, 2.75) is 39.4 Å². The number of carbonyl (C=O) groups is 2. The first-order chi connectivity index (χ1) is 15.9. The molecule has 0 radical (unpaired) electrons. The quantitative estimate of drug-likeness (QED) is 0.573. The van der Waals surface area contributed by atoms with Crippen molar-refractivity contribution in [3.8, 4) is 0 Å². The maximum absolute atomic E-state index is 14.8. The third-order valence-corrected chi connectivity index (χ3v) is 6.23. The molecule has 0 atom stereocenters. The molecule has 1 fully saturated rings. The molecule has 2 aliphatic rings. The number of nitrogens with zero attached hydrogens (tertiary/aromatic N) is 3. The smallest absolute Gasteiger partial charge is 0.258 e. The van der Waals surface area contributed by atoms with E-state index in [1.54, 1.807) is 41.4 Å². The SMILES string of the molecule is CCn1ncc2c1Nc1cc(Cl)ccc1N(C(=O)c1ccc(CNC(=O)C3CC3)c(F)c1)C2. The van der Waals surface area contributed by atoms with Crippen molar-refractivity contribution in [1.82, 2.24) is 15.1 Å². The van der Waals surface area contributed by atoms with E-state index < -0.39 is 5.82 Å². The fourth-order valence-electron chi connectivity index (χ4n) is 3.98. The fourth-order valence-corrected chi connectivity index (χ4v) is 4.16. The summed E-state index contributed by atoms with van der Waals surface area (Å²) in [6, 6.07) is 9.62. The molecule has 2 N–H and O–H groups in total. The number of benzene rings is 2. The van der Waals surface area contributed by atoms with E-state index in [0.29, 0.717) is 28.5 Å². The highest BCUT2D eigenvalue weighted by atomic mass is 35.5. The normalized spacial score (nSPS) is 14.7. The summed E-state index contributed by atoms with van der Waals surface area (Å²) in [5.41, 5.74) is 2.72. The van der Waals surface area contributed by atoms with Crippen molar-refractivity contribution in [2.24, 2.45) is 5.92 Å². The van der Waals surface area contributed by atoms with Crippen molar-refractivity contribution in [3.63, 3.8) is 0 Å². The summed E-state index contributed by atoms with van der Waals surface area (Å²) in [5, 5.41) is 11.0. The molecular weight excluding hydrogens is 445 g/mol. The number of amides is 2. The lowest BCUT2D eigenvalue weighted by Crippen LogP contribution is -2.30. The zero-order chi connectivity index (χ0) is 23.1. The van der Waals surface area contributed by atoms with Gasteiger partial charge in [-0.3, -0.25) is 9.59 Å². The van der Waals surface area contributed by atoms with Gasteiger partial charge in [-0.25, -0.2) is 9.07 Å². The third-order valence-electron chi connectivity index (χ3n) is 5.99. The Morgan fingerprint density at radius 3 is 2.79 bits per heavy atom. The molecule has 2 amide bonds. The highest BCUT2D eigenvalue weighted by molar-refractivity contribution is 6.31. The van der Waals surface area contributed by atoms with Crippen LogP contribution in [-0.2, 0) is 24.4 Å². The summed E-state index contributed by atoms with van der Waals surface area (Å²) in [7, 11) is 0. The highest BCUT2D eigenvalue weighted by Crippen LogP contribution is 2.38. The highest BCUT2D eigenvalue weighted by Gasteiger charge is 2.30. The maximum Gasteiger partial charge on any atom is 0.258 e. The minimum atomic E-state index is -0.527. The maximum atomic E-state index is 14.8. The minimum absolute atomic E-state index is 0.0506. The molecule has 7 nitrogen and oxygen atoms in total. The predicted octanol–water partition coefficient (Wildman–Crippen LogP) is 4.63. The molecule has 0 spiro atoms. The van der Waals surface area contributed by atoms with Gasteiger partial charge in [0.2, 0.25) is 5.91 Å². The summed E-state index contributed by atoms with van der Waals surface area (Å²) < 4.78 is 16.6. The van der Waals surface area contributed by atoms with Gasteiger partial charge in [0.05, 0.1) is 24.1 Å². The number of rotatable bonds is 5. The molecule has 0 unspecified atom stereocenters. The Bertz CT molecular complexity index is 1250. The topological polar surface area (TPSA) is 79.3 Å². The van der Waals surface area contributed by atoms with Crippen molar-refractivity contribution >= 4 is 40.6 Å². The van der Waals surface area contributed by atoms with Crippen molar-refractivity contribution in [3.05, 3.63) is 70.1 Å². The van der Waals surface area contributed by atoms with Crippen LogP contribution in [0.15, 0.2) is 42.6 Å². The van der Waals surface area contributed by atoms with E-state index in [0.717, 1.165) is 24.2 Å². The predicted molar refractivity (Wildman–Crippen MR) is 124 cm³/mol. The number of aryl methyl sites for hydroxylation is 1. The van der Waals surface area contributed by atoms with E-state index in [1.165, 1.54) is 6.07 Å². The Balaban J connectivity index is 1.44. The van der Waals surface area contributed by atoms with Crippen molar-refractivity contribution in [2.75, 3.05) is 10.2 Å². The number of anilines is 3. The lowest BCUT2D eigenvalue weighted by molar-refractivity contribution is -0.122. The molecule has 0 bridgehead atoms. The van der Waals surface area contributed by atoms with Crippen LogP contribution in [0.4, 0.5) is 21.6 Å². The number of hydrogen-bond donors (Lipinski definition) is 2. The second-order valence-corrected chi connectivity index (χ2v) is 8.75. The first-order valence-corrected chi connectivity index (χ1v) is 11.3. The van der Waals surface area contributed by atoms with E-state index in [9.17, 15) is 14.0 Å². The van der Waals surface area contributed by atoms with Crippen LogP contribution < -0.4 is 15.5 Å². The minimum Gasteiger partial charge on any atom is -0.352 e. The van der Waals surface area contributed by atoms with Gasteiger partial charge < -0.3 is 15.5 Å². The van der Waals surface area contributed by atoms with Crippen LogP contribution in [0, 0.1) is 11.7 Å². The summed E-state index contributed by atoms with van der Waals surface area (Å²) in [6.07, 6.45) is 3.50. The largest absolute Gasteiger partial charge is 0.352 e. The third kappa shape index (κ3) is 4.18. The van der Waals surface area contributed by atoms with Crippen LogP contribution >= 0.6 is 11.6 Å². The first kappa shape index (κ1) is 21.5. The molecular formula is C24H23ClFN5O2. The Morgan fingerprint density at radius 2 is 2.06 bits per heavy atom. The number of aromatic nitrogens is 2. The van der Waals surface area contributed by atoms with Crippen LogP contribution in [0.5, 0.6) is 0 Å². The Kier molecular flexibility index (Phi) is 5.54. The van der Waals surface area contributed by atoms with Gasteiger partial charge >= 0.3 is 0 Å². The van der Waals surface area contributed by atoms with Gasteiger partial charge in [0.25, 0.3) is 5.91 Å². The number of hydrogen-bond acceptors (Lipinski definition) is 4. The monoisotopic (exact) mass is 467 g/mol. The average Bonchev–Trinajstić information content (AvgIpc) is 3.61. The summed E-state index contributed by atoms with van der Waals surface area (Å²) >= 11 is 6.22. The van der Waals surface area contributed by atoms with Crippen LogP contribution in [0.3, 0.4) is 0 Å². The molecule has 2 heterocycles. The zero-order valence-electron chi connectivity index (χ0n) is 18.1. The van der Waals surface area contributed by atoms with E-state index in [-0.39, 0.29) is 36.4 Å². The molecule has 1 aliphatic carbocycles.